The normalized spacial score (nSPS) is 18.2. The van der Waals surface area contributed by atoms with Crippen LogP contribution in [-0.4, -0.2) is 29.5 Å². The molecule has 1 heterocycles. The average Bonchev–Trinajstić information content (AvgIpc) is 3.24. The molecule has 1 aromatic heterocycles. The smallest absolute Gasteiger partial charge is 0.0963 e. The van der Waals surface area contributed by atoms with Crippen LogP contribution in [0.15, 0.2) is 23.6 Å². The number of nitrogens with zero attached hydrogens (tertiary/aromatic N) is 2. The molecule has 0 saturated heterocycles. The van der Waals surface area contributed by atoms with E-state index in [0.29, 0.717) is 5.92 Å². The molecule has 31 heavy (non-hydrogen) atoms. The van der Waals surface area contributed by atoms with Gasteiger partial charge < -0.3 is 4.90 Å². The third-order valence-electron chi connectivity index (χ3n) is 7.58. The molecule has 0 saturated carbocycles. The first-order valence-electron chi connectivity index (χ1n) is 12.5. The fourth-order valence-corrected chi connectivity index (χ4v) is 6.06. The SMILES string of the molecule is CCCCN(CC)CCC(CC)c1nc(-c2ccc3c(c2)C(C)(C)CCC3(C)C)cs1. The molecule has 0 N–H and O–H groups in total. The molecule has 0 aliphatic heterocycles. The Balaban J connectivity index is 1.78. The summed E-state index contributed by atoms with van der Waals surface area (Å²) in [5.41, 5.74) is 6.03. The molecule has 172 valence electrons. The van der Waals surface area contributed by atoms with Crippen molar-refractivity contribution >= 4 is 11.3 Å². The molecule has 0 radical (unpaired) electrons. The Morgan fingerprint density at radius 1 is 1.00 bits per heavy atom. The number of hydrogen-bond acceptors (Lipinski definition) is 3. The van der Waals surface area contributed by atoms with Crippen molar-refractivity contribution in [3.63, 3.8) is 0 Å². The van der Waals surface area contributed by atoms with E-state index >= 15 is 0 Å². The van der Waals surface area contributed by atoms with E-state index in [-0.39, 0.29) is 10.8 Å². The number of rotatable bonds is 10. The molecule has 0 fully saturated rings. The lowest BCUT2D eigenvalue weighted by Gasteiger charge is -2.42. The highest BCUT2D eigenvalue weighted by molar-refractivity contribution is 7.10. The van der Waals surface area contributed by atoms with Crippen LogP contribution >= 0.6 is 11.3 Å². The molecule has 1 aliphatic rings. The highest BCUT2D eigenvalue weighted by Gasteiger charge is 2.37. The van der Waals surface area contributed by atoms with Crippen LogP contribution < -0.4 is 0 Å². The first kappa shape index (κ1) is 24.5. The van der Waals surface area contributed by atoms with E-state index < -0.39 is 0 Å². The fourth-order valence-electron chi connectivity index (χ4n) is 5.01. The molecule has 3 rings (SSSR count). The minimum absolute atomic E-state index is 0.244. The third kappa shape index (κ3) is 5.60. The van der Waals surface area contributed by atoms with Crippen LogP contribution in [0, 0.1) is 0 Å². The molecule has 0 bridgehead atoms. The van der Waals surface area contributed by atoms with Crippen LogP contribution in [0.2, 0.25) is 0 Å². The van der Waals surface area contributed by atoms with Gasteiger partial charge in [-0.25, -0.2) is 4.98 Å². The number of benzene rings is 1. The summed E-state index contributed by atoms with van der Waals surface area (Å²) in [6, 6.07) is 7.14. The van der Waals surface area contributed by atoms with E-state index in [1.54, 1.807) is 0 Å². The van der Waals surface area contributed by atoms with Crippen molar-refractivity contribution in [3.8, 4) is 11.3 Å². The molecule has 0 amide bonds. The topological polar surface area (TPSA) is 16.1 Å². The molecule has 1 aliphatic carbocycles. The van der Waals surface area contributed by atoms with Gasteiger partial charge in [0.1, 0.15) is 0 Å². The summed E-state index contributed by atoms with van der Waals surface area (Å²) in [6.07, 6.45) is 7.48. The van der Waals surface area contributed by atoms with Gasteiger partial charge >= 0.3 is 0 Å². The van der Waals surface area contributed by atoms with Crippen LogP contribution in [-0.2, 0) is 10.8 Å². The van der Waals surface area contributed by atoms with Crippen LogP contribution in [0.4, 0.5) is 0 Å². The second-order valence-corrected chi connectivity index (χ2v) is 11.7. The highest BCUT2D eigenvalue weighted by atomic mass is 32.1. The van der Waals surface area contributed by atoms with Gasteiger partial charge in [0.25, 0.3) is 0 Å². The number of aromatic nitrogens is 1. The van der Waals surface area contributed by atoms with Gasteiger partial charge in [0.15, 0.2) is 0 Å². The van der Waals surface area contributed by atoms with Crippen LogP contribution in [0.25, 0.3) is 11.3 Å². The molecule has 0 spiro atoms. The monoisotopic (exact) mass is 440 g/mol. The second kappa shape index (κ2) is 10.2. The summed E-state index contributed by atoms with van der Waals surface area (Å²) in [7, 11) is 0. The van der Waals surface area contributed by atoms with Gasteiger partial charge in [-0.3, -0.25) is 0 Å². The lowest BCUT2D eigenvalue weighted by Crippen LogP contribution is -2.33. The largest absolute Gasteiger partial charge is 0.304 e. The molecule has 1 unspecified atom stereocenters. The van der Waals surface area contributed by atoms with Crippen molar-refractivity contribution in [1.82, 2.24) is 9.88 Å². The molecule has 1 aromatic carbocycles. The average molecular weight is 441 g/mol. The maximum Gasteiger partial charge on any atom is 0.0963 e. The predicted octanol–water partition coefficient (Wildman–Crippen LogP) is 8.16. The van der Waals surface area contributed by atoms with Gasteiger partial charge in [-0.1, -0.05) is 67.0 Å². The van der Waals surface area contributed by atoms with Crippen molar-refractivity contribution < 1.29 is 0 Å². The van der Waals surface area contributed by atoms with Crippen LogP contribution in [0.3, 0.4) is 0 Å². The van der Waals surface area contributed by atoms with Crippen LogP contribution in [0.5, 0.6) is 0 Å². The number of thiazole rings is 1. The zero-order valence-corrected chi connectivity index (χ0v) is 21.9. The van der Waals surface area contributed by atoms with E-state index in [1.807, 2.05) is 11.3 Å². The van der Waals surface area contributed by atoms with Gasteiger partial charge in [0.05, 0.1) is 10.7 Å². The minimum atomic E-state index is 0.244. The Labute approximate surface area is 195 Å². The summed E-state index contributed by atoms with van der Waals surface area (Å²) in [4.78, 5) is 7.76. The van der Waals surface area contributed by atoms with Crippen molar-refractivity contribution in [2.24, 2.45) is 0 Å². The van der Waals surface area contributed by atoms with Crippen LogP contribution in [0.1, 0.15) is 109 Å². The third-order valence-corrected chi connectivity index (χ3v) is 8.59. The predicted molar refractivity (Wildman–Crippen MR) is 138 cm³/mol. The quantitative estimate of drug-likeness (QED) is 0.370. The summed E-state index contributed by atoms with van der Waals surface area (Å²) in [6.45, 7) is 20.1. The Morgan fingerprint density at radius 3 is 2.35 bits per heavy atom. The molecule has 2 nitrogen and oxygen atoms in total. The van der Waals surface area contributed by atoms with E-state index in [0.717, 1.165) is 6.54 Å². The van der Waals surface area contributed by atoms with E-state index in [2.05, 4.69) is 76.9 Å². The van der Waals surface area contributed by atoms with Crippen molar-refractivity contribution in [2.75, 3.05) is 19.6 Å². The van der Waals surface area contributed by atoms with Crippen molar-refractivity contribution in [1.29, 1.82) is 0 Å². The van der Waals surface area contributed by atoms with E-state index in [4.69, 9.17) is 4.98 Å². The standard InChI is InChI=1S/C28H44N2S/c1-8-11-17-30(10-3)18-14-21(9-2)26-29-25(20-31-26)22-12-13-23-24(19-22)28(6,7)16-15-27(23,4)5/h12-13,19-21H,8-11,14-18H2,1-7H3. The lowest BCUT2D eigenvalue weighted by molar-refractivity contribution is 0.270. The fraction of sp³-hybridized carbons (Fsp3) is 0.679. The molecule has 1 atom stereocenters. The number of unbranched alkanes of at least 4 members (excludes halogenated alkanes) is 1. The van der Waals surface area contributed by atoms with Gasteiger partial charge in [0, 0.05) is 16.9 Å². The Bertz CT molecular complexity index is 848. The number of hydrogen-bond donors (Lipinski definition) is 0. The summed E-state index contributed by atoms with van der Waals surface area (Å²) in [5, 5.41) is 3.61. The second-order valence-electron chi connectivity index (χ2n) is 10.8. The van der Waals surface area contributed by atoms with Crippen molar-refractivity contribution in [2.45, 2.75) is 104 Å². The molecule has 2 aromatic rings. The first-order valence-corrected chi connectivity index (χ1v) is 13.4. The zero-order valence-electron chi connectivity index (χ0n) is 21.1. The minimum Gasteiger partial charge on any atom is -0.304 e. The Morgan fingerprint density at radius 2 is 1.71 bits per heavy atom. The zero-order chi connectivity index (χ0) is 22.6. The van der Waals surface area contributed by atoms with E-state index in [1.165, 1.54) is 79.0 Å². The summed E-state index contributed by atoms with van der Waals surface area (Å²) >= 11 is 1.86. The summed E-state index contributed by atoms with van der Waals surface area (Å²) < 4.78 is 0. The van der Waals surface area contributed by atoms with Gasteiger partial charge in [0.2, 0.25) is 0 Å². The highest BCUT2D eigenvalue weighted by Crippen LogP contribution is 2.46. The molecular weight excluding hydrogens is 396 g/mol. The maximum atomic E-state index is 5.15. The Hall–Kier alpha value is -1.19. The van der Waals surface area contributed by atoms with Gasteiger partial charge in [-0.2, -0.15) is 0 Å². The molecular formula is C28H44N2S. The molecule has 3 heteroatoms. The summed E-state index contributed by atoms with van der Waals surface area (Å²) in [5.74, 6) is 0.572. The van der Waals surface area contributed by atoms with Gasteiger partial charge in [-0.15, -0.1) is 11.3 Å². The first-order chi connectivity index (χ1) is 14.7. The maximum absolute atomic E-state index is 5.15. The number of fused-ring (bicyclic) bond motifs is 1. The van der Waals surface area contributed by atoms with Gasteiger partial charge in [-0.05, 0) is 79.8 Å². The Kier molecular flexibility index (Phi) is 8.02. The van der Waals surface area contributed by atoms with Crippen molar-refractivity contribution in [3.05, 3.63) is 39.7 Å². The van der Waals surface area contributed by atoms with E-state index in [9.17, 15) is 0 Å². The lowest BCUT2D eigenvalue weighted by atomic mass is 9.63.